The van der Waals surface area contributed by atoms with E-state index in [0.29, 0.717) is 43.7 Å². The molecule has 0 amide bonds. The van der Waals surface area contributed by atoms with Crippen molar-refractivity contribution in [3.8, 4) is 0 Å². The predicted octanol–water partition coefficient (Wildman–Crippen LogP) is 3.76. The lowest BCUT2D eigenvalue weighted by atomic mass is 9.65. The van der Waals surface area contributed by atoms with Crippen LogP contribution in [0.4, 0.5) is 0 Å². The SMILES string of the molecule is C=C(Cc1cc2ccccc2[nH]1)C1CC2CCC1C1C(CCC1(O)CCNC(=NC)NCCCO)C2(C)O. The summed E-state index contributed by atoms with van der Waals surface area (Å²) in [5.74, 6) is 1.73. The number of H-pyrrole nitrogens is 1. The molecule has 7 heteroatoms. The number of rotatable bonds is 9. The summed E-state index contributed by atoms with van der Waals surface area (Å²) in [6, 6.07) is 10.6. The van der Waals surface area contributed by atoms with Gasteiger partial charge in [0.1, 0.15) is 0 Å². The Morgan fingerprint density at radius 1 is 1.16 bits per heavy atom. The first-order chi connectivity index (χ1) is 18.3. The average molecular weight is 523 g/mol. The Balaban J connectivity index is 1.33. The summed E-state index contributed by atoms with van der Waals surface area (Å²) in [6.45, 7) is 8.05. The van der Waals surface area contributed by atoms with Gasteiger partial charge in [-0.15, -0.1) is 0 Å². The smallest absolute Gasteiger partial charge is 0.190 e. The highest BCUT2D eigenvalue weighted by molar-refractivity contribution is 5.80. The lowest BCUT2D eigenvalue weighted by molar-refractivity contribution is -0.0854. The number of benzene rings is 1. The Labute approximate surface area is 226 Å². The van der Waals surface area contributed by atoms with Gasteiger partial charge in [0, 0.05) is 44.4 Å². The Morgan fingerprint density at radius 2 is 1.95 bits per heavy atom. The van der Waals surface area contributed by atoms with Gasteiger partial charge in [0.15, 0.2) is 5.96 Å². The monoisotopic (exact) mass is 522 g/mol. The minimum Gasteiger partial charge on any atom is -0.396 e. The molecule has 4 aliphatic rings. The molecular weight excluding hydrogens is 476 g/mol. The molecular formula is C31H46N4O3. The van der Waals surface area contributed by atoms with Crippen LogP contribution in [0.25, 0.3) is 10.9 Å². The number of aromatic nitrogens is 1. The van der Waals surface area contributed by atoms with Gasteiger partial charge in [0.2, 0.25) is 0 Å². The zero-order valence-electron chi connectivity index (χ0n) is 23.0. The highest BCUT2D eigenvalue weighted by atomic mass is 16.3. The largest absolute Gasteiger partial charge is 0.396 e. The van der Waals surface area contributed by atoms with E-state index >= 15 is 0 Å². The maximum atomic E-state index is 12.2. The van der Waals surface area contributed by atoms with Gasteiger partial charge in [-0.1, -0.05) is 30.4 Å². The number of nitrogens with one attached hydrogen (secondary N) is 3. The van der Waals surface area contributed by atoms with Crippen molar-refractivity contribution in [3.05, 3.63) is 48.2 Å². The van der Waals surface area contributed by atoms with E-state index in [4.69, 9.17) is 5.11 Å². The maximum Gasteiger partial charge on any atom is 0.190 e. The van der Waals surface area contributed by atoms with Crippen LogP contribution in [0.1, 0.15) is 57.6 Å². The molecule has 1 aromatic carbocycles. The number of hydrogen-bond acceptors (Lipinski definition) is 4. The lowest BCUT2D eigenvalue weighted by Gasteiger charge is -2.42. The third-order valence-electron chi connectivity index (χ3n) is 10.1. The molecule has 0 radical (unpaired) electrons. The quantitative estimate of drug-likeness (QED) is 0.130. The molecule has 7 atom stereocenters. The molecule has 0 spiro atoms. The van der Waals surface area contributed by atoms with Crippen molar-refractivity contribution in [2.45, 2.75) is 69.5 Å². The zero-order valence-corrected chi connectivity index (χ0v) is 23.0. The molecule has 4 saturated carbocycles. The van der Waals surface area contributed by atoms with E-state index in [1.54, 1.807) is 7.05 Å². The van der Waals surface area contributed by atoms with Crippen LogP contribution < -0.4 is 10.6 Å². The van der Waals surface area contributed by atoms with Gasteiger partial charge >= 0.3 is 0 Å². The number of fused-ring (bicyclic) bond motifs is 3. The van der Waals surface area contributed by atoms with E-state index in [9.17, 15) is 10.2 Å². The molecule has 1 aromatic heterocycles. The molecule has 2 aromatic rings. The van der Waals surface area contributed by atoms with Crippen molar-refractivity contribution in [2.24, 2.45) is 34.6 Å². The first kappa shape index (κ1) is 27.2. The van der Waals surface area contributed by atoms with Gasteiger partial charge in [0.05, 0.1) is 11.2 Å². The van der Waals surface area contributed by atoms with Crippen LogP contribution in [0.3, 0.4) is 0 Å². The second-order valence-electron chi connectivity index (χ2n) is 12.3. The fourth-order valence-corrected chi connectivity index (χ4v) is 8.21. The number of para-hydroxylation sites is 1. The Hall–Kier alpha value is -2.35. The molecule has 6 N–H and O–H groups in total. The molecule has 38 heavy (non-hydrogen) atoms. The molecule has 4 fully saturated rings. The number of nitrogens with zero attached hydrogens (tertiary/aromatic N) is 1. The van der Waals surface area contributed by atoms with Crippen molar-refractivity contribution < 1.29 is 15.3 Å². The topological polar surface area (TPSA) is 113 Å². The summed E-state index contributed by atoms with van der Waals surface area (Å²) in [5, 5.41) is 40.9. The van der Waals surface area contributed by atoms with Crippen molar-refractivity contribution in [1.29, 1.82) is 0 Å². The number of hydrogen-bond donors (Lipinski definition) is 6. The molecule has 208 valence electrons. The van der Waals surface area contributed by atoms with Crippen molar-refractivity contribution in [3.63, 3.8) is 0 Å². The number of allylic oxidation sites excluding steroid dienone is 1. The van der Waals surface area contributed by atoms with E-state index in [0.717, 1.165) is 44.0 Å². The highest BCUT2D eigenvalue weighted by Gasteiger charge is 2.62. The number of aliphatic hydroxyl groups excluding tert-OH is 1. The van der Waals surface area contributed by atoms with Crippen molar-refractivity contribution >= 4 is 16.9 Å². The normalized spacial score (nSPS) is 34.8. The van der Waals surface area contributed by atoms with Crippen LogP contribution in [0.15, 0.2) is 47.5 Å². The van der Waals surface area contributed by atoms with Crippen LogP contribution in [-0.2, 0) is 6.42 Å². The third kappa shape index (κ3) is 5.13. The van der Waals surface area contributed by atoms with Crippen LogP contribution in [-0.4, -0.2) is 64.2 Å². The van der Waals surface area contributed by atoms with E-state index in [1.807, 2.05) is 6.92 Å². The van der Waals surface area contributed by atoms with Gasteiger partial charge in [0.25, 0.3) is 0 Å². The number of aliphatic imine (C=N–C) groups is 1. The lowest BCUT2D eigenvalue weighted by Crippen LogP contribution is -2.48. The summed E-state index contributed by atoms with van der Waals surface area (Å²) in [5.41, 5.74) is 1.97. The van der Waals surface area contributed by atoms with Gasteiger partial charge in [-0.25, -0.2) is 0 Å². The molecule has 0 aliphatic heterocycles. The Kier molecular flexibility index (Phi) is 7.90. The van der Waals surface area contributed by atoms with Crippen molar-refractivity contribution in [2.75, 3.05) is 26.7 Å². The Morgan fingerprint density at radius 3 is 2.71 bits per heavy atom. The van der Waals surface area contributed by atoms with Crippen LogP contribution in [0.2, 0.25) is 0 Å². The molecule has 1 heterocycles. The molecule has 6 rings (SSSR count). The van der Waals surface area contributed by atoms with Gasteiger partial charge < -0.3 is 30.9 Å². The molecule has 4 aliphatic carbocycles. The van der Waals surface area contributed by atoms with E-state index in [-0.39, 0.29) is 24.4 Å². The summed E-state index contributed by atoms with van der Waals surface area (Å²) in [4.78, 5) is 7.84. The van der Waals surface area contributed by atoms with E-state index in [2.05, 4.69) is 57.5 Å². The number of aromatic amines is 1. The second-order valence-corrected chi connectivity index (χ2v) is 12.3. The summed E-state index contributed by atoms with van der Waals surface area (Å²) in [7, 11) is 1.74. The predicted molar refractivity (Wildman–Crippen MR) is 153 cm³/mol. The third-order valence-corrected chi connectivity index (χ3v) is 10.1. The second kappa shape index (κ2) is 11.0. The van der Waals surface area contributed by atoms with Gasteiger partial charge in [-0.05, 0) is 99.0 Å². The Bertz CT molecular complexity index is 1120. The zero-order chi connectivity index (χ0) is 26.9. The minimum absolute atomic E-state index is 0.0561. The van der Waals surface area contributed by atoms with E-state index < -0.39 is 11.2 Å². The van der Waals surface area contributed by atoms with E-state index in [1.165, 1.54) is 16.7 Å². The fourth-order valence-electron chi connectivity index (χ4n) is 8.21. The molecule has 0 saturated heterocycles. The minimum atomic E-state index is -0.824. The highest BCUT2D eigenvalue weighted by Crippen LogP contribution is 2.62. The summed E-state index contributed by atoms with van der Waals surface area (Å²) < 4.78 is 0. The standard InChI is InChI=1S/C31H46N4O3/c1-20(17-23-18-21-7-4-5-8-27(21)35-23)25-19-22-9-10-24(25)28-26(30(22,2)37)11-12-31(28,38)13-15-34-29(32-3)33-14-6-16-36/h4-5,7-8,18,22,24-26,28,35-38H,1,6,9-17,19H2,2-3H3,(H2,32,33,34). The molecule has 2 bridgehead atoms. The van der Waals surface area contributed by atoms with Gasteiger partial charge in [-0.2, -0.15) is 0 Å². The average Bonchev–Trinajstić information content (AvgIpc) is 3.42. The fraction of sp³-hybridized carbons (Fsp3) is 0.645. The summed E-state index contributed by atoms with van der Waals surface area (Å²) >= 11 is 0. The van der Waals surface area contributed by atoms with Crippen LogP contribution in [0, 0.1) is 29.6 Å². The number of aliphatic hydroxyl groups is 3. The van der Waals surface area contributed by atoms with Crippen LogP contribution >= 0.6 is 0 Å². The van der Waals surface area contributed by atoms with Crippen molar-refractivity contribution in [1.82, 2.24) is 15.6 Å². The number of guanidine groups is 1. The first-order valence-corrected chi connectivity index (χ1v) is 14.5. The molecule has 7 nitrogen and oxygen atoms in total. The summed E-state index contributed by atoms with van der Waals surface area (Å²) in [6.07, 6.45) is 6.70. The van der Waals surface area contributed by atoms with Gasteiger partial charge in [-0.3, -0.25) is 4.99 Å². The molecule has 7 unspecified atom stereocenters. The first-order valence-electron chi connectivity index (χ1n) is 14.5. The van der Waals surface area contributed by atoms with Crippen LogP contribution in [0.5, 0.6) is 0 Å². The maximum absolute atomic E-state index is 12.2.